The van der Waals surface area contributed by atoms with E-state index in [1.54, 1.807) is 29.2 Å². The molecule has 0 saturated heterocycles. The normalized spacial score (nSPS) is 14.4. The molecule has 0 saturated carbocycles. The fourth-order valence-electron chi connectivity index (χ4n) is 2.70. The van der Waals surface area contributed by atoms with Crippen molar-refractivity contribution in [3.8, 4) is 5.75 Å². The van der Waals surface area contributed by atoms with Crippen molar-refractivity contribution in [1.82, 2.24) is 4.98 Å². The highest BCUT2D eigenvalue weighted by atomic mass is 16.3. The summed E-state index contributed by atoms with van der Waals surface area (Å²) in [6, 6.07) is 10.4. The zero-order valence-corrected chi connectivity index (χ0v) is 13.3. The molecule has 1 aliphatic rings. The van der Waals surface area contributed by atoms with Gasteiger partial charge in [-0.3, -0.25) is 4.79 Å². The number of nitrogens with one attached hydrogen (secondary N) is 1. The second kappa shape index (κ2) is 6.16. The van der Waals surface area contributed by atoms with E-state index in [0.29, 0.717) is 30.2 Å². The lowest BCUT2D eigenvalue weighted by molar-refractivity contribution is 0.0990. The van der Waals surface area contributed by atoms with Crippen molar-refractivity contribution in [1.29, 1.82) is 0 Å². The molecule has 120 valence electrons. The van der Waals surface area contributed by atoms with E-state index < -0.39 is 0 Å². The number of hydrogen-bond donors (Lipinski definition) is 2. The quantitative estimate of drug-likeness (QED) is 0.910. The van der Waals surface area contributed by atoms with E-state index >= 15 is 0 Å². The monoisotopic (exact) mass is 312 g/mol. The first kappa shape index (κ1) is 15.1. The average molecular weight is 312 g/mol. The van der Waals surface area contributed by atoms with Crippen LogP contribution in [0, 0.1) is 0 Å². The first-order chi connectivity index (χ1) is 11.1. The van der Waals surface area contributed by atoms with E-state index in [1.165, 1.54) is 0 Å². The summed E-state index contributed by atoms with van der Waals surface area (Å²) in [6.45, 7) is 3.98. The average Bonchev–Trinajstić information content (AvgIpc) is 2.66. The number of phenolic OH excluding ortho intramolecular Hbond substituents is 1. The Morgan fingerprint density at radius 1 is 1.26 bits per heavy atom. The van der Waals surface area contributed by atoms with Crippen LogP contribution < -0.4 is 15.1 Å². The SMILES string of the molecule is CCNc1ccc2c(n1)N(C)CCN(c1cccc(O)c1)C2=O. The smallest absolute Gasteiger partial charge is 0.262 e. The van der Waals surface area contributed by atoms with Crippen molar-refractivity contribution in [3.63, 3.8) is 0 Å². The molecule has 1 aromatic carbocycles. The summed E-state index contributed by atoms with van der Waals surface area (Å²) in [5, 5.41) is 12.8. The third-order valence-corrected chi connectivity index (χ3v) is 3.87. The molecule has 2 N–H and O–H groups in total. The van der Waals surface area contributed by atoms with Crippen LogP contribution >= 0.6 is 0 Å². The van der Waals surface area contributed by atoms with Crippen LogP contribution in [-0.4, -0.2) is 42.7 Å². The third-order valence-electron chi connectivity index (χ3n) is 3.87. The summed E-state index contributed by atoms with van der Waals surface area (Å²) in [4.78, 5) is 21.1. The van der Waals surface area contributed by atoms with E-state index in [4.69, 9.17) is 0 Å². The number of rotatable bonds is 3. The number of amides is 1. The van der Waals surface area contributed by atoms with Gasteiger partial charge in [0.05, 0.1) is 5.56 Å². The number of phenols is 1. The van der Waals surface area contributed by atoms with E-state index in [0.717, 1.165) is 12.4 Å². The van der Waals surface area contributed by atoms with Gasteiger partial charge in [0.2, 0.25) is 0 Å². The number of pyridine rings is 1. The highest BCUT2D eigenvalue weighted by Crippen LogP contribution is 2.28. The van der Waals surface area contributed by atoms with Crippen LogP contribution in [-0.2, 0) is 0 Å². The van der Waals surface area contributed by atoms with Gasteiger partial charge < -0.3 is 20.2 Å². The van der Waals surface area contributed by atoms with Crippen LogP contribution in [0.15, 0.2) is 36.4 Å². The first-order valence-corrected chi connectivity index (χ1v) is 7.67. The standard InChI is InChI=1S/C17H20N4O2/c1-3-18-15-8-7-14-16(19-15)20(2)9-10-21(17(14)23)12-5-4-6-13(22)11-12/h4-8,11,22H,3,9-10H2,1-2H3,(H,18,19). The number of carbonyl (C=O) groups excluding carboxylic acids is 1. The van der Waals surface area contributed by atoms with Crippen molar-refractivity contribution in [2.75, 3.05) is 41.8 Å². The highest BCUT2D eigenvalue weighted by molar-refractivity contribution is 6.10. The number of benzene rings is 1. The predicted molar refractivity (Wildman–Crippen MR) is 91.5 cm³/mol. The van der Waals surface area contributed by atoms with Gasteiger partial charge in [-0.25, -0.2) is 4.98 Å². The molecule has 1 aromatic heterocycles. The number of fused-ring (bicyclic) bond motifs is 1. The Balaban J connectivity index is 2.01. The number of carbonyl (C=O) groups is 1. The molecule has 0 aliphatic carbocycles. The van der Waals surface area contributed by atoms with Gasteiger partial charge in [-0.15, -0.1) is 0 Å². The Morgan fingerprint density at radius 3 is 2.83 bits per heavy atom. The minimum Gasteiger partial charge on any atom is -0.508 e. The largest absolute Gasteiger partial charge is 0.508 e. The topological polar surface area (TPSA) is 68.7 Å². The van der Waals surface area contributed by atoms with Gasteiger partial charge in [0, 0.05) is 38.4 Å². The van der Waals surface area contributed by atoms with Crippen molar-refractivity contribution in [2.24, 2.45) is 0 Å². The number of hydrogen-bond acceptors (Lipinski definition) is 5. The first-order valence-electron chi connectivity index (χ1n) is 7.67. The zero-order valence-electron chi connectivity index (χ0n) is 13.3. The van der Waals surface area contributed by atoms with Crippen LogP contribution in [0.5, 0.6) is 5.75 Å². The van der Waals surface area contributed by atoms with E-state index in [9.17, 15) is 9.90 Å². The number of aromatic nitrogens is 1. The Morgan fingerprint density at radius 2 is 2.09 bits per heavy atom. The van der Waals surface area contributed by atoms with Gasteiger partial charge in [-0.05, 0) is 31.2 Å². The molecule has 0 bridgehead atoms. The van der Waals surface area contributed by atoms with Crippen molar-refractivity contribution < 1.29 is 9.90 Å². The van der Waals surface area contributed by atoms with Crippen LogP contribution in [0.4, 0.5) is 17.3 Å². The lowest BCUT2D eigenvalue weighted by Gasteiger charge is -2.21. The molecular formula is C17H20N4O2. The minimum atomic E-state index is -0.106. The van der Waals surface area contributed by atoms with Crippen molar-refractivity contribution >= 4 is 23.2 Å². The predicted octanol–water partition coefficient (Wildman–Crippen LogP) is 2.32. The van der Waals surface area contributed by atoms with Crippen molar-refractivity contribution in [3.05, 3.63) is 42.0 Å². The van der Waals surface area contributed by atoms with Gasteiger partial charge in [0.15, 0.2) is 0 Å². The minimum absolute atomic E-state index is 0.106. The Kier molecular flexibility index (Phi) is 4.06. The van der Waals surface area contributed by atoms with Gasteiger partial charge in [0.25, 0.3) is 5.91 Å². The molecule has 0 fully saturated rings. The molecule has 1 amide bonds. The molecule has 0 radical (unpaired) electrons. The summed E-state index contributed by atoms with van der Waals surface area (Å²) in [5.74, 6) is 1.48. The number of likely N-dealkylation sites (N-methyl/N-ethyl adjacent to an activating group) is 1. The van der Waals surface area contributed by atoms with Crippen LogP contribution in [0.2, 0.25) is 0 Å². The summed E-state index contributed by atoms with van der Waals surface area (Å²) in [5.41, 5.74) is 1.25. The summed E-state index contributed by atoms with van der Waals surface area (Å²) < 4.78 is 0. The zero-order chi connectivity index (χ0) is 16.4. The van der Waals surface area contributed by atoms with Crippen LogP contribution in [0.3, 0.4) is 0 Å². The van der Waals surface area contributed by atoms with Crippen LogP contribution in [0.25, 0.3) is 0 Å². The molecule has 6 nitrogen and oxygen atoms in total. The Hall–Kier alpha value is -2.76. The molecule has 6 heteroatoms. The van der Waals surface area contributed by atoms with Gasteiger partial charge in [-0.1, -0.05) is 6.07 Å². The Bertz CT molecular complexity index is 732. The Labute approximate surface area is 135 Å². The van der Waals surface area contributed by atoms with E-state index in [2.05, 4.69) is 10.3 Å². The molecule has 3 rings (SSSR count). The van der Waals surface area contributed by atoms with Crippen LogP contribution in [0.1, 0.15) is 17.3 Å². The molecule has 2 aromatic rings. The maximum absolute atomic E-state index is 12.9. The lowest BCUT2D eigenvalue weighted by Crippen LogP contribution is -2.33. The molecule has 2 heterocycles. The highest BCUT2D eigenvalue weighted by Gasteiger charge is 2.27. The summed E-state index contributed by atoms with van der Waals surface area (Å²) >= 11 is 0. The number of anilines is 3. The molecular weight excluding hydrogens is 292 g/mol. The molecule has 23 heavy (non-hydrogen) atoms. The molecule has 0 spiro atoms. The molecule has 0 atom stereocenters. The number of aromatic hydroxyl groups is 1. The molecule has 1 aliphatic heterocycles. The van der Waals surface area contributed by atoms with Crippen molar-refractivity contribution in [2.45, 2.75) is 6.92 Å². The molecule has 0 unspecified atom stereocenters. The fourth-order valence-corrected chi connectivity index (χ4v) is 2.70. The van der Waals surface area contributed by atoms with E-state index in [-0.39, 0.29) is 11.7 Å². The maximum Gasteiger partial charge on any atom is 0.262 e. The van der Waals surface area contributed by atoms with E-state index in [1.807, 2.05) is 31.0 Å². The van der Waals surface area contributed by atoms with Gasteiger partial charge in [0.1, 0.15) is 17.4 Å². The summed E-state index contributed by atoms with van der Waals surface area (Å²) in [7, 11) is 1.93. The maximum atomic E-state index is 12.9. The summed E-state index contributed by atoms with van der Waals surface area (Å²) in [6.07, 6.45) is 0. The second-order valence-electron chi connectivity index (χ2n) is 5.50. The lowest BCUT2D eigenvalue weighted by atomic mass is 10.2. The van der Waals surface area contributed by atoms with Gasteiger partial charge >= 0.3 is 0 Å². The second-order valence-corrected chi connectivity index (χ2v) is 5.50. The van der Waals surface area contributed by atoms with Gasteiger partial charge in [-0.2, -0.15) is 0 Å². The fraction of sp³-hybridized carbons (Fsp3) is 0.294. The third kappa shape index (κ3) is 2.92. The number of nitrogens with zero attached hydrogens (tertiary/aromatic N) is 3.